The number of aromatic nitrogens is 14. The molecule has 0 spiro atoms. The van der Waals surface area contributed by atoms with Crippen molar-refractivity contribution in [1.29, 1.82) is 0 Å². The Kier molecular flexibility index (Phi) is 24.6. The van der Waals surface area contributed by atoms with E-state index in [2.05, 4.69) is 153 Å². The van der Waals surface area contributed by atoms with Crippen LogP contribution in [-0.2, 0) is 4.79 Å². The second-order valence-electron chi connectivity index (χ2n) is 14.2. The summed E-state index contributed by atoms with van der Waals surface area (Å²) in [7, 11) is 1.91. The van der Waals surface area contributed by atoms with E-state index in [0.29, 0.717) is 12.1 Å². The Hall–Kier alpha value is -6.87. The minimum atomic E-state index is -1.32. The fourth-order valence-electron chi connectivity index (χ4n) is 4.03. The molecule has 0 aliphatic heterocycles. The zero-order chi connectivity index (χ0) is 48.1. The van der Waals surface area contributed by atoms with Crippen LogP contribution in [0.1, 0.15) is 11.4 Å². The van der Waals surface area contributed by atoms with Gasteiger partial charge in [-0.3, -0.25) is 38.1 Å². The first kappa shape index (κ1) is 54.3. The van der Waals surface area contributed by atoms with Crippen molar-refractivity contribution in [3.05, 3.63) is 140 Å². The van der Waals surface area contributed by atoms with Crippen molar-refractivity contribution in [2.75, 3.05) is 11.6 Å². The molecule has 9 aromatic rings. The van der Waals surface area contributed by atoms with E-state index in [1.807, 2.05) is 42.4 Å². The predicted octanol–water partition coefficient (Wildman–Crippen LogP) is 7.05. The van der Waals surface area contributed by atoms with Crippen LogP contribution in [0.25, 0.3) is 22.6 Å². The molecule has 0 saturated heterocycles. The number of anilines is 1. The van der Waals surface area contributed by atoms with Gasteiger partial charge in [-0.1, -0.05) is 51.1 Å². The predicted molar refractivity (Wildman–Crippen MR) is 270 cm³/mol. The molecule has 17 nitrogen and oxygen atoms in total. The zero-order valence-corrected chi connectivity index (χ0v) is 41.7. The Bertz CT molecular complexity index is 2920. The first-order valence-corrected chi connectivity index (χ1v) is 27.6. The van der Waals surface area contributed by atoms with Crippen LogP contribution in [0.2, 0.25) is 39.3 Å². The van der Waals surface area contributed by atoms with Crippen LogP contribution in [-0.4, -0.2) is 103 Å². The van der Waals surface area contributed by atoms with Gasteiger partial charge in [-0.15, -0.1) is 35.5 Å². The fourth-order valence-corrected chi connectivity index (χ4v) is 4.93. The van der Waals surface area contributed by atoms with Crippen molar-refractivity contribution >= 4 is 98.8 Å². The van der Waals surface area contributed by atoms with Crippen LogP contribution in [0.5, 0.6) is 0 Å². The molecule has 0 saturated carbocycles. The van der Waals surface area contributed by atoms with Crippen LogP contribution >= 0.6 is 40.3 Å². The van der Waals surface area contributed by atoms with Crippen molar-refractivity contribution in [1.82, 2.24) is 67.4 Å². The smallest absolute Gasteiger partial charge is 0.155 e. The monoisotopic (exact) mass is 1000 g/mol. The third-order valence-corrected chi connectivity index (χ3v) is 9.36. The number of terminal acetylenes is 2. The van der Waals surface area contributed by atoms with E-state index in [1.54, 1.807) is 93.0 Å². The fraction of sp³-hybridized carbons (Fsp3) is 0.167. The summed E-state index contributed by atoms with van der Waals surface area (Å²) >= 11 is 11.3. The largest absolute Gasteiger partial charge is 0.304 e. The molecule has 1 radical (unpaired) electrons. The number of alkyl halides is 1. The van der Waals surface area contributed by atoms with Gasteiger partial charge in [-0.25, -0.2) is 24.9 Å². The number of aldehydes is 1. The summed E-state index contributed by atoms with van der Waals surface area (Å²) in [5, 5.41) is 0. The average Bonchev–Trinajstić information content (AvgIpc) is 4.13. The number of nitrogens with two attached hydrogens (primary N) is 1. The van der Waals surface area contributed by atoms with E-state index in [9.17, 15) is 0 Å². The van der Waals surface area contributed by atoms with Crippen LogP contribution < -0.4 is 5.73 Å². The molecular formula is C42H46BBrClN16OSSi2. The van der Waals surface area contributed by atoms with Gasteiger partial charge in [0.15, 0.2) is 22.6 Å². The molecule has 0 fully saturated rings. The number of thiol groups is 1. The second kappa shape index (κ2) is 29.5. The molecule has 2 N–H and O–H groups in total. The molecular weight excluding hydrogens is 959 g/mol. The SMILES string of the molecule is Brc1cnc2cnccn12.C#C[Si](C)(C)C.C#Cc1cnc2cnccn12.C[Si](C)(C)C#Cc1cnc2cnccn12.Nc1cnccn1.O=CCCl.[B]=NS.c1cn2ccnc2cn1. The summed E-state index contributed by atoms with van der Waals surface area (Å²) in [6.45, 7) is 13.1. The Morgan fingerprint density at radius 1 is 0.677 bits per heavy atom. The van der Waals surface area contributed by atoms with Gasteiger partial charge in [0.05, 0.1) is 55.5 Å². The maximum Gasteiger partial charge on any atom is 0.155 e. The molecule has 0 unspecified atom stereocenters. The Labute approximate surface area is 399 Å². The standard InChI is InChI=1S/C11H13N3Si.C8H5N3.C6H4BrN3.C6H5N3.C5H10Si.C4H5N3.C2H3ClO.BHNS/c1-15(2,3)7-4-10-8-13-11-9-12-5-6-14(10)11;1-2-7-5-10-8-6-9-3-4-11(7)8;7-5-3-9-6-4-8-1-2-10(5)6;1-3-9-4-2-8-6(9)5-7-1;1-5-6(2,3)4;5-4-3-6-1-2-7-4;3-1-2-4;1-2-3/h5-6,8-9H,1-3H3;1,3-6H;1-4H;1-5H;1H,2-4H3;1-3H,(H2,5,7);2H,1H2;3H. The van der Waals surface area contributed by atoms with Crippen LogP contribution in [0.3, 0.4) is 0 Å². The number of imidazole rings is 4. The van der Waals surface area contributed by atoms with E-state index in [1.165, 1.54) is 6.20 Å². The maximum absolute atomic E-state index is 9.04. The summed E-state index contributed by atoms with van der Waals surface area (Å²) in [5.74, 6) is 6.29. The van der Waals surface area contributed by atoms with Crippen molar-refractivity contribution in [2.45, 2.75) is 39.3 Å². The Morgan fingerprint density at radius 3 is 1.55 bits per heavy atom. The van der Waals surface area contributed by atoms with Gasteiger partial charge >= 0.3 is 24.8 Å². The van der Waals surface area contributed by atoms with E-state index >= 15 is 0 Å². The summed E-state index contributed by atoms with van der Waals surface area (Å²) in [5.41, 5.74) is 16.3. The summed E-state index contributed by atoms with van der Waals surface area (Å²) in [6, 6.07) is 0. The van der Waals surface area contributed by atoms with Gasteiger partial charge in [0.2, 0.25) is 0 Å². The first-order chi connectivity index (χ1) is 31.1. The molecule has 331 valence electrons. The number of nitrogen functional groups attached to an aromatic ring is 1. The molecule has 0 aliphatic carbocycles. The molecule has 23 heteroatoms. The molecule has 0 amide bonds. The molecule has 0 bridgehead atoms. The summed E-state index contributed by atoms with van der Waals surface area (Å²) in [4.78, 5) is 48.5. The number of fused-ring (bicyclic) bond motifs is 4. The number of halogens is 2. The first-order valence-electron chi connectivity index (χ1n) is 18.8. The number of carbonyl (C=O) groups is 1. The van der Waals surface area contributed by atoms with Gasteiger partial charge < -0.3 is 14.9 Å². The van der Waals surface area contributed by atoms with Crippen LogP contribution in [0.15, 0.2) is 133 Å². The van der Waals surface area contributed by atoms with Crippen molar-refractivity contribution in [3.63, 3.8) is 0 Å². The van der Waals surface area contributed by atoms with E-state index in [4.69, 9.17) is 35.0 Å². The molecule has 0 aromatic carbocycles. The van der Waals surface area contributed by atoms with Crippen LogP contribution in [0, 0.1) is 35.8 Å². The minimum Gasteiger partial charge on any atom is -0.304 e. The minimum absolute atomic E-state index is 0.111. The topological polar surface area (TPSA) is 202 Å². The van der Waals surface area contributed by atoms with E-state index in [0.717, 1.165) is 38.6 Å². The number of hydrogen-bond donors (Lipinski definition) is 2. The van der Waals surface area contributed by atoms with Gasteiger partial charge in [0.25, 0.3) is 0 Å². The molecule has 9 heterocycles. The number of nitrogens with zero attached hydrogens (tertiary/aromatic N) is 15. The Morgan fingerprint density at radius 2 is 1.12 bits per heavy atom. The van der Waals surface area contributed by atoms with Gasteiger partial charge in [0.1, 0.15) is 44.2 Å². The van der Waals surface area contributed by atoms with Crippen LogP contribution in [0.4, 0.5) is 5.82 Å². The van der Waals surface area contributed by atoms with Gasteiger partial charge in [0, 0.05) is 74.4 Å². The van der Waals surface area contributed by atoms with E-state index in [-0.39, 0.29) is 5.88 Å². The average molecular weight is 1010 g/mol. The third kappa shape index (κ3) is 21.4. The number of hydrogen-bond acceptors (Lipinski definition) is 14. The normalized spacial score (nSPS) is 9.69. The quantitative estimate of drug-likeness (QED) is 0.0559. The summed E-state index contributed by atoms with van der Waals surface area (Å²) < 4.78 is 11.2. The third-order valence-electron chi connectivity index (χ3n) is 6.90. The maximum atomic E-state index is 9.04. The molecule has 9 rings (SSSR count). The van der Waals surface area contributed by atoms with Gasteiger partial charge in [-0.2, -0.15) is 0 Å². The molecule has 0 aliphatic rings. The van der Waals surface area contributed by atoms with Gasteiger partial charge in [-0.05, 0) is 15.9 Å². The number of rotatable bonds is 1. The van der Waals surface area contributed by atoms with Crippen molar-refractivity contribution < 1.29 is 4.79 Å². The number of carbonyl (C=O) groups excluding carboxylic acids is 1. The second-order valence-corrected chi connectivity index (χ2v) is 25.0. The molecule has 0 atom stereocenters. The summed E-state index contributed by atoms with van der Waals surface area (Å²) in [6.07, 6.45) is 45.5. The van der Waals surface area contributed by atoms with E-state index < -0.39 is 16.1 Å². The Balaban J connectivity index is 0.000000266. The van der Waals surface area contributed by atoms with Crippen molar-refractivity contribution in [2.24, 2.45) is 4.30 Å². The van der Waals surface area contributed by atoms with Crippen molar-refractivity contribution in [3.8, 4) is 35.8 Å². The molecule has 65 heavy (non-hydrogen) atoms. The molecule has 9 aromatic heterocycles. The zero-order valence-electron chi connectivity index (χ0n) is 36.5.